The van der Waals surface area contributed by atoms with Crippen LogP contribution in [-0.4, -0.2) is 31.4 Å². The topological polar surface area (TPSA) is 72.7 Å². The van der Waals surface area contributed by atoms with Gasteiger partial charge < -0.3 is 9.88 Å². The van der Waals surface area contributed by atoms with Gasteiger partial charge in [0.25, 0.3) is 0 Å². The molecular formula is C19H15ClFN5OS2. The maximum atomic E-state index is 13.3. The van der Waals surface area contributed by atoms with E-state index >= 15 is 0 Å². The second kappa shape index (κ2) is 8.48. The minimum atomic E-state index is -0.330. The van der Waals surface area contributed by atoms with Crippen LogP contribution in [0.5, 0.6) is 0 Å². The third kappa shape index (κ3) is 4.42. The average Bonchev–Trinajstić information content (AvgIpc) is 3.28. The molecule has 0 radical (unpaired) electrons. The van der Waals surface area contributed by atoms with Gasteiger partial charge in [-0.2, -0.15) is 0 Å². The average molecular weight is 448 g/mol. The maximum absolute atomic E-state index is 13.3. The molecule has 0 spiro atoms. The SMILES string of the molecule is CCn1c(SCC(=O)Nc2nc3ccc(F)cc3s2)nnc1-c1cccc(Cl)c1. The molecular weight excluding hydrogens is 433 g/mol. The van der Waals surface area contributed by atoms with Crippen LogP contribution < -0.4 is 5.32 Å². The van der Waals surface area contributed by atoms with Crippen molar-refractivity contribution in [1.82, 2.24) is 19.7 Å². The second-order valence-electron chi connectivity index (χ2n) is 6.03. The largest absolute Gasteiger partial charge is 0.302 e. The van der Waals surface area contributed by atoms with Gasteiger partial charge in [0, 0.05) is 17.1 Å². The van der Waals surface area contributed by atoms with Crippen LogP contribution in [0.2, 0.25) is 5.02 Å². The highest BCUT2D eigenvalue weighted by molar-refractivity contribution is 7.99. The number of benzene rings is 2. The number of amides is 1. The van der Waals surface area contributed by atoms with Gasteiger partial charge in [0.2, 0.25) is 5.91 Å². The molecule has 0 fully saturated rings. The molecule has 1 N–H and O–H groups in total. The van der Waals surface area contributed by atoms with Crippen molar-refractivity contribution in [3.63, 3.8) is 0 Å². The molecule has 0 saturated carbocycles. The first-order chi connectivity index (χ1) is 14.0. The smallest absolute Gasteiger partial charge is 0.236 e. The molecule has 2 aromatic carbocycles. The fourth-order valence-electron chi connectivity index (χ4n) is 2.76. The number of nitrogens with one attached hydrogen (secondary N) is 1. The highest BCUT2D eigenvalue weighted by Gasteiger charge is 2.15. The van der Waals surface area contributed by atoms with Crippen LogP contribution >= 0.6 is 34.7 Å². The third-order valence-electron chi connectivity index (χ3n) is 4.05. The van der Waals surface area contributed by atoms with Crippen molar-refractivity contribution < 1.29 is 9.18 Å². The number of carbonyl (C=O) groups is 1. The Kier molecular flexibility index (Phi) is 5.79. The Hall–Kier alpha value is -2.49. The van der Waals surface area contributed by atoms with Gasteiger partial charge in [-0.15, -0.1) is 10.2 Å². The summed E-state index contributed by atoms with van der Waals surface area (Å²) in [6.45, 7) is 2.64. The van der Waals surface area contributed by atoms with Gasteiger partial charge in [-0.3, -0.25) is 4.79 Å². The van der Waals surface area contributed by atoms with E-state index in [2.05, 4.69) is 20.5 Å². The number of fused-ring (bicyclic) bond motifs is 1. The molecule has 0 atom stereocenters. The second-order valence-corrected chi connectivity index (χ2v) is 8.44. The number of thioether (sulfide) groups is 1. The van der Waals surface area contributed by atoms with Crippen molar-refractivity contribution in [3.05, 3.63) is 53.3 Å². The zero-order valence-electron chi connectivity index (χ0n) is 15.2. The first kappa shape index (κ1) is 19.8. The number of aromatic nitrogens is 4. The Labute approximate surface area is 179 Å². The van der Waals surface area contributed by atoms with E-state index in [0.717, 1.165) is 5.56 Å². The van der Waals surface area contributed by atoms with E-state index in [4.69, 9.17) is 11.6 Å². The molecule has 0 aliphatic rings. The number of hydrogen-bond acceptors (Lipinski definition) is 6. The summed E-state index contributed by atoms with van der Waals surface area (Å²) in [5.74, 6) is 0.303. The zero-order chi connectivity index (χ0) is 20.4. The molecule has 2 heterocycles. The van der Waals surface area contributed by atoms with Gasteiger partial charge in [-0.05, 0) is 37.3 Å². The van der Waals surface area contributed by atoms with Crippen molar-refractivity contribution in [2.24, 2.45) is 0 Å². The lowest BCUT2D eigenvalue weighted by atomic mass is 10.2. The van der Waals surface area contributed by atoms with Gasteiger partial charge in [0.1, 0.15) is 5.82 Å². The van der Waals surface area contributed by atoms with Gasteiger partial charge >= 0.3 is 0 Å². The van der Waals surface area contributed by atoms with E-state index in [9.17, 15) is 9.18 Å². The summed E-state index contributed by atoms with van der Waals surface area (Å²) in [4.78, 5) is 16.6. The summed E-state index contributed by atoms with van der Waals surface area (Å²) < 4.78 is 15.9. The summed E-state index contributed by atoms with van der Waals surface area (Å²) in [6.07, 6.45) is 0. The van der Waals surface area contributed by atoms with Crippen molar-refractivity contribution in [3.8, 4) is 11.4 Å². The van der Waals surface area contributed by atoms with Crippen LogP contribution in [0, 0.1) is 5.82 Å². The summed E-state index contributed by atoms with van der Waals surface area (Å²) in [6, 6.07) is 11.7. The van der Waals surface area contributed by atoms with Crippen LogP contribution in [0.15, 0.2) is 47.6 Å². The molecule has 4 rings (SSSR count). The van der Waals surface area contributed by atoms with E-state index in [0.29, 0.717) is 37.9 Å². The minimum Gasteiger partial charge on any atom is -0.302 e. The third-order valence-corrected chi connectivity index (χ3v) is 6.18. The quantitative estimate of drug-likeness (QED) is 0.416. The number of nitrogens with zero attached hydrogens (tertiary/aromatic N) is 4. The lowest BCUT2D eigenvalue weighted by Gasteiger charge is -2.07. The predicted octanol–water partition coefficient (Wildman–Crippen LogP) is 5.10. The molecule has 6 nitrogen and oxygen atoms in total. The van der Waals surface area contributed by atoms with E-state index in [1.54, 1.807) is 12.1 Å². The number of carbonyl (C=O) groups excluding carboxylic acids is 1. The molecule has 148 valence electrons. The van der Waals surface area contributed by atoms with Gasteiger partial charge in [-0.1, -0.05) is 46.8 Å². The Morgan fingerprint density at radius 3 is 2.93 bits per heavy atom. The van der Waals surface area contributed by atoms with E-state index in [-0.39, 0.29) is 17.5 Å². The Balaban J connectivity index is 1.45. The van der Waals surface area contributed by atoms with E-state index in [1.807, 2.05) is 29.7 Å². The molecule has 0 aliphatic carbocycles. The van der Waals surface area contributed by atoms with Crippen LogP contribution in [0.1, 0.15) is 6.92 Å². The van der Waals surface area contributed by atoms with Crippen molar-refractivity contribution in [2.45, 2.75) is 18.6 Å². The van der Waals surface area contributed by atoms with Crippen molar-refractivity contribution in [1.29, 1.82) is 0 Å². The molecule has 1 amide bonds. The minimum absolute atomic E-state index is 0.151. The lowest BCUT2D eigenvalue weighted by Crippen LogP contribution is -2.14. The van der Waals surface area contributed by atoms with Crippen LogP contribution in [-0.2, 0) is 11.3 Å². The highest BCUT2D eigenvalue weighted by atomic mass is 35.5. The molecule has 4 aromatic rings. The number of halogens is 2. The molecule has 0 bridgehead atoms. The van der Waals surface area contributed by atoms with Crippen molar-refractivity contribution in [2.75, 3.05) is 11.1 Å². The Morgan fingerprint density at radius 1 is 1.28 bits per heavy atom. The Morgan fingerprint density at radius 2 is 2.14 bits per heavy atom. The lowest BCUT2D eigenvalue weighted by molar-refractivity contribution is -0.113. The highest BCUT2D eigenvalue weighted by Crippen LogP contribution is 2.28. The Bertz CT molecular complexity index is 1190. The molecule has 0 unspecified atom stereocenters. The van der Waals surface area contributed by atoms with E-state index in [1.165, 1.54) is 35.2 Å². The molecule has 10 heteroatoms. The number of anilines is 1. The fraction of sp³-hybridized carbons (Fsp3) is 0.158. The van der Waals surface area contributed by atoms with Crippen molar-refractivity contribution >= 4 is 56.0 Å². The van der Waals surface area contributed by atoms with Gasteiger partial charge in [-0.25, -0.2) is 9.37 Å². The fourth-order valence-corrected chi connectivity index (χ4v) is 4.66. The molecule has 0 aliphatic heterocycles. The standard InChI is InChI=1S/C19H15ClFN5OS2/c1-2-26-17(11-4-3-5-12(20)8-11)24-25-19(26)28-10-16(27)23-18-22-14-7-6-13(21)9-15(14)29-18/h3-9H,2,10H2,1H3,(H,22,23,27). The van der Waals surface area contributed by atoms with Crippen LogP contribution in [0.3, 0.4) is 0 Å². The van der Waals surface area contributed by atoms with Crippen LogP contribution in [0.4, 0.5) is 9.52 Å². The number of thiazole rings is 1. The molecule has 0 saturated heterocycles. The number of rotatable bonds is 6. The monoisotopic (exact) mass is 447 g/mol. The van der Waals surface area contributed by atoms with Crippen LogP contribution in [0.25, 0.3) is 21.6 Å². The first-order valence-electron chi connectivity index (χ1n) is 8.71. The molecule has 2 aromatic heterocycles. The number of hydrogen-bond donors (Lipinski definition) is 1. The van der Waals surface area contributed by atoms with E-state index < -0.39 is 0 Å². The summed E-state index contributed by atoms with van der Waals surface area (Å²) >= 11 is 8.60. The first-order valence-corrected chi connectivity index (χ1v) is 10.9. The van der Waals surface area contributed by atoms with Gasteiger partial charge in [0.15, 0.2) is 16.1 Å². The molecule has 29 heavy (non-hydrogen) atoms. The maximum Gasteiger partial charge on any atom is 0.236 e. The predicted molar refractivity (Wildman–Crippen MR) is 115 cm³/mol. The normalized spacial score (nSPS) is 11.1. The summed E-state index contributed by atoms with van der Waals surface area (Å²) in [7, 11) is 0. The summed E-state index contributed by atoms with van der Waals surface area (Å²) in [5.41, 5.74) is 1.51. The summed E-state index contributed by atoms with van der Waals surface area (Å²) in [5, 5.41) is 12.9. The van der Waals surface area contributed by atoms with Gasteiger partial charge in [0.05, 0.1) is 16.0 Å². The zero-order valence-corrected chi connectivity index (χ0v) is 17.6.